The van der Waals surface area contributed by atoms with Gasteiger partial charge in [0.2, 0.25) is 0 Å². The van der Waals surface area contributed by atoms with Gasteiger partial charge in [0.25, 0.3) is 5.91 Å². The van der Waals surface area contributed by atoms with E-state index in [-0.39, 0.29) is 11.9 Å². The Kier molecular flexibility index (Phi) is 4.15. The molecule has 0 unspecified atom stereocenters. The quantitative estimate of drug-likeness (QED) is 0.802. The molecule has 8 nitrogen and oxygen atoms in total. The number of hydrogen-bond donors (Lipinski definition) is 2. The number of nitrogens with zero attached hydrogens (tertiary/aromatic N) is 1. The molecule has 1 aromatic carbocycles. The zero-order valence-corrected chi connectivity index (χ0v) is 14.5. The summed E-state index contributed by atoms with van der Waals surface area (Å²) in [4.78, 5) is 38.2. The highest BCUT2D eigenvalue weighted by molar-refractivity contribution is 6.01. The zero-order valence-electron chi connectivity index (χ0n) is 14.5. The molecule has 1 aromatic heterocycles. The van der Waals surface area contributed by atoms with Crippen LogP contribution in [0, 0.1) is 0 Å². The van der Waals surface area contributed by atoms with Crippen molar-refractivity contribution in [2.24, 2.45) is 0 Å². The van der Waals surface area contributed by atoms with Crippen molar-refractivity contribution in [2.75, 3.05) is 13.7 Å². The second-order valence-electron chi connectivity index (χ2n) is 6.28. The number of esters is 1. The van der Waals surface area contributed by atoms with Crippen LogP contribution in [-0.4, -0.2) is 36.5 Å². The molecule has 0 radical (unpaired) electrons. The number of methoxy groups -OCH3 is 1. The van der Waals surface area contributed by atoms with Gasteiger partial charge < -0.3 is 24.7 Å². The number of nitrogens with one attached hydrogen (secondary N) is 2. The van der Waals surface area contributed by atoms with Crippen LogP contribution in [0.25, 0.3) is 0 Å². The number of rotatable bonds is 4. The van der Waals surface area contributed by atoms with E-state index in [4.69, 9.17) is 9.15 Å². The molecular formula is C19H17N3O5. The van der Waals surface area contributed by atoms with Crippen LogP contribution in [0.3, 0.4) is 0 Å². The number of ether oxygens (including phenoxy) is 1. The standard InChI is InChI=1S/C19H17N3O5/c1-26-18(24)12-6-4-11(5-7-12)16-15-14(20-19(25)21-16)10-22(17(15)23)9-13-3-2-8-27-13/h2-8,16H,9-10H2,1H3,(H2,20,21,25)/t16-/m0/s1. The fourth-order valence-corrected chi connectivity index (χ4v) is 3.33. The summed E-state index contributed by atoms with van der Waals surface area (Å²) >= 11 is 0. The van der Waals surface area contributed by atoms with Crippen molar-refractivity contribution in [1.29, 1.82) is 0 Å². The Labute approximate surface area is 154 Å². The van der Waals surface area contributed by atoms with Crippen LogP contribution in [0.5, 0.6) is 0 Å². The molecule has 0 saturated carbocycles. The lowest BCUT2D eigenvalue weighted by atomic mass is 9.95. The van der Waals surface area contributed by atoms with Gasteiger partial charge in [0.15, 0.2) is 0 Å². The van der Waals surface area contributed by atoms with Gasteiger partial charge in [-0.1, -0.05) is 12.1 Å². The van der Waals surface area contributed by atoms with Gasteiger partial charge in [-0.2, -0.15) is 0 Å². The molecule has 0 spiro atoms. The molecule has 27 heavy (non-hydrogen) atoms. The maximum atomic E-state index is 12.9. The minimum atomic E-state index is -0.588. The first-order chi connectivity index (χ1) is 13.1. The number of carbonyl (C=O) groups excluding carboxylic acids is 3. The van der Waals surface area contributed by atoms with Crippen molar-refractivity contribution in [3.05, 3.63) is 70.8 Å². The van der Waals surface area contributed by atoms with Crippen LogP contribution in [0.2, 0.25) is 0 Å². The van der Waals surface area contributed by atoms with Crippen molar-refractivity contribution in [2.45, 2.75) is 12.6 Å². The Morgan fingerprint density at radius 3 is 2.70 bits per heavy atom. The summed E-state index contributed by atoms with van der Waals surface area (Å²) in [7, 11) is 1.31. The lowest BCUT2D eigenvalue weighted by molar-refractivity contribution is -0.126. The van der Waals surface area contributed by atoms with Crippen LogP contribution < -0.4 is 10.6 Å². The third-order valence-corrected chi connectivity index (χ3v) is 4.61. The van der Waals surface area contributed by atoms with Gasteiger partial charge in [-0.25, -0.2) is 9.59 Å². The van der Waals surface area contributed by atoms with E-state index >= 15 is 0 Å². The van der Waals surface area contributed by atoms with E-state index in [1.165, 1.54) is 7.11 Å². The minimum absolute atomic E-state index is 0.170. The van der Waals surface area contributed by atoms with E-state index in [0.29, 0.717) is 41.2 Å². The molecule has 8 heteroatoms. The van der Waals surface area contributed by atoms with Crippen LogP contribution >= 0.6 is 0 Å². The highest BCUT2D eigenvalue weighted by atomic mass is 16.5. The highest BCUT2D eigenvalue weighted by Gasteiger charge is 2.40. The summed E-state index contributed by atoms with van der Waals surface area (Å²) in [6.45, 7) is 0.627. The first-order valence-electron chi connectivity index (χ1n) is 8.37. The SMILES string of the molecule is COC(=O)c1ccc([C@@H]2NC(=O)NC3=C2C(=O)N(Cc2ccco2)C3)cc1. The van der Waals surface area contributed by atoms with Crippen molar-refractivity contribution >= 4 is 17.9 Å². The van der Waals surface area contributed by atoms with Gasteiger partial charge in [0.1, 0.15) is 5.76 Å². The normalized spacial score (nSPS) is 18.9. The van der Waals surface area contributed by atoms with Gasteiger partial charge in [-0.15, -0.1) is 0 Å². The summed E-state index contributed by atoms with van der Waals surface area (Å²) < 4.78 is 10.0. The molecule has 2 N–H and O–H groups in total. The maximum Gasteiger partial charge on any atom is 0.337 e. The molecule has 0 bridgehead atoms. The molecule has 3 heterocycles. The number of furan rings is 1. The molecule has 2 aliphatic rings. The Morgan fingerprint density at radius 2 is 2.04 bits per heavy atom. The molecule has 2 aromatic rings. The molecule has 138 valence electrons. The van der Waals surface area contributed by atoms with E-state index in [2.05, 4.69) is 10.6 Å². The molecule has 0 fully saturated rings. The average molecular weight is 367 g/mol. The third kappa shape index (κ3) is 3.05. The Balaban J connectivity index is 1.61. The first kappa shape index (κ1) is 16.9. The highest BCUT2D eigenvalue weighted by Crippen LogP contribution is 2.33. The lowest BCUT2D eigenvalue weighted by Crippen LogP contribution is -2.44. The van der Waals surface area contributed by atoms with E-state index in [9.17, 15) is 14.4 Å². The van der Waals surface area contributed by atoms with Crippen molar-refractivity contribution in [3.8, 4) is 0 Å². The third-order valence-electron chi connectivity index (χ3n) is 4.61. The summed E-state index contributed by atoms with van der Waals surface area (Å²) in [5.74, 6) is 0.0507. The second kappa shape index (κ2) is 6.64. The monoisotopic (exact) mass is 367 g/mol. The molecular weight excluding hydrogens is 350 g/mol. The van der Waals surface area contributed by atoms with Crippen molar-refractivity contribution in [1.82, 2.24) is 15.5 Å². The summed E-state index contributed by atoms with van der Waals surface area (Å²) in [6.07, 6.45) is 1.55. The van der Waals surface area contributed by atoms with E-state index in [0.717, 1.165) is 0 Å². The van der Waals surface area contributed by atoms with Crippen LogP contribution in [0.15, 0.2) is 58.3 Å². The Bertz CT molecular complexity index is 931. The molecule has 4 rings (SSSR count). The predicted molar refractivity (Wildman–Crippen MR) is 93.3 cm³/mol. The second-order valence-corrected chi connectivity index (χ2v) is 6.28. The first-order valence-corrected chi connectivity index (χ1v) is 8.37. The predicted octanol–water partition coefficient (Wildman–Crippen LogP) is 1.72. The fourth-order valence-electron chi connectivity index (χ4n) is 3.33. The molecule has 2 aliphatic heterocycles. The van der Waals surface area contributed by atoms with Crippen molar-refractivity contribution < 1.29 is 23.5 Å². The maximum absolute atomic E-state index is 12.9. The topological polar surface area (TPSA) is 101 Å². The number of carbonyl (C=O) groups is 3. The number of hydrogen-bond acceptors (Lipinski definition) is 5. The van der Waals surface area contributed by atoms with E-state index in [1.807, 2.05) is 0 Å². The summed E-state index contributed by atoms with van der Waals surface area (Å²) in [6, 6.07) is 9.22. The number of benzene rings is 1. The molecule has 1 atom stereocenters. The van der Waals surface area contributed by atoms with Crippen LogP contribution in [-0.2, 0) is 16.1 Å². The lowest BCUT2D eigenvalue weighted by Gasteiger charge is -2.25. The minimum Gasteiger partial charge on any atom is -0.467 e. The van der Waals surface area contributed by atoms with Gasteiger partial charge in [-0.3, -0.25) is 4.79 Å². The number of urea groups is 1. The molecule has 0 aliphatic carbocycles. The van der Waals surface area contributed by atoms with Gasteiger partial charge >= 0.3 is 12.0 Å². The summed E-state index contributed by atoms with van der Waals surface area (Å²) in [5.41, 5.74) is 2.18. The summed E-state index contributed by atoms with van der Waals surface area (Å²) in [5, 5.41) is 5.50. The van der Waals surface area contributed by atoms with Gasteiger partial charge in [0.05, 0.1) is 49.3 Å². The Hall–Kier alpha value is -3.55. The smallest absolute Gasteiger partial charge is 0.337 e. The zero-order chi connectivity index (χ0) is 19.0. The average Bonchev–Trinajstić information content (AvgIpc) is 3.29. The number of amides is 3. The van der Waals surface area contributed by atoms with Gasteiger partial charge in [-0.05, 0) is 29.8 Å². The van der Waals surface area contributed by atoms with E-state index in [1.54, 1.807) is 47.6 Å². The van der Waals surface area contributed by atoms with Gasteiger partial charge in [0, 0.05) is 0 Å². The Morgan fingerprint density at radius 1 is 1.26 bits per heavy atom. The largest absolute Gasteiger partial charge is 0.467 e. The molecule has 3 amide bonds. The van der Waals surface area contributed by atoms with Crippen LogP contribution in [0.4, 0.5) is 4.79 Å². The van der Waals surface area contributed by atoms with Crippen molar-refractivity contribution in [3.63, 3.8) is 0 Å². The molecule has 0 saturated heterocycles. The van der Waals surface area contributed by atoms with Crippen LogP contribution in [0.1, 0.15) is 27.7 Å². The fraction of sp³-hybridized carbons (Fsp3) is 0.211. The van der Waals surface area contributed by atoms with E-state index < -0.39 is 12.0 Å².